The molecule has 3 N–H and O–H groups in total. The van der Waals surface area contributed by atoms with Crippen LogP contribution in [0.2, 0.25) is 0 Å². The first-order valence-electron chi connectivity index (χ1n) is 7.36. The van der Waals surface area contributed by atoms with Crippen LogP contribution >= 0.6 is 0 Å². The average Bonchev–Trinajstić information content (AvgIpc) is 3.16. The molecule has 3 unspecified atom stereocenters. The smallest absolute Gasteiger partial charge is 0.239 e. The van der Waals surface area contributed by atoms with Gasteiger partial charge in [-0.05, 0) is 19.3 Å². The van der Waals surface area contributed by atoms with E-state index in [1.807, 2.05) is 6.92 Å². The number of rotatable bonds is 5. The van der Waals surface area contributed by atoms with Crippen molar-refractivity contribution in [1.29, 1.82) is 0 Å². The molecule has 2 fully saturated rings. The van der Waals surface area contributed by atoms with E-state index in [9.17, 15) is 9.90 Å². The predicted octanol–water partition coefficient (Wildman–Crippen LogP) is -0.0270. The molecular formula is C15H24N2O3. The predicted molar refractivity (Wildman–Crippen MR) is 75.7 cm³/mol. The summed E-state index contributed by atoms with van der Waals surface area (Å²) in [4.78, 5) is 13.8. The zero-order valence-electron chi connectivity index (χ0n) is 12.0. The molecular weight excluding hydrogens is 256 g/mol. The van der Waals surface area contributed by atoms with E-state index in [4.69, 9.17) is 10.5 Å². The van der Waals surface area contributed by atoms with Gasteiger partial charge in [-0.1, -0.05) is 18.8 Å². The molecule has 2 rings (SSSR count). The molecule has 1 aliphatic carbocycles. The van der Waals surface area contributed by atoms with Crippen molar-refractivity contribution in [1.82, 2.24) is 4.90 Å². The van der Waals surface area contributed by atoms with Crippen LogP contribution in [0.5, 0.6) is 0 Å². The molecule has 1 amide bonds. The van der Waals surface area contributed by atoms with Crippen LogP contribution in [0.4, 0.5) is 0 Å². The van der Waals surface area contributed by atoms with E-state index in [1.165, 1.54) is 12.8 Å². The molecule has 0 aromatic rings. The number of hydrogen-bond acceptors (Lipinski definition) is 4. The first-order valence-corrected chi connectivity index (χ1v) is 7.36. The third kappa shape index (κ3) is 4.48. The van der Waals surface area contributed by atoms with Crippen molar-refractivity contribution in [2.75, 3.05) is 26.3 Å². The van der Waals surface area contributed by atoms with Crippen LogP contribution in [0.3, 0.4) is 0 Å². The quantitative estimate of drug-likeness (QED) is 0.548. The highest BCUT2D eigenvalue weighted by molar-refractivity contribution is 5.82. The summed E-state index contributed by atoms with van der Waals surface area (Å²) in [5.74, 6) is 6.55. The second kappa shape index (κ2) is 7.07. The molecule has 1 heterocycles. The van der Waals surface area contributed by atoms with Crippen LogP contribution in [0.15, 0.2) is 0 Å². The minimum absolute atomic E-state index is 0.0528. The largest absolute Gasteiger partial charge is 0.391 e. The fraction of sp³-hybridized carbons (Fsp3) is 0.800. The lowest BCUT2D eigenvalue weighted by Crippen LogP contribution is -2.47. The lowest BCUT2D eigenvalue weighted by atomic mass is 10.0. The Labute approximate surface area is 120 Å². The van der Waals surface area contributed by atoms with Gasteiger partial charge in [0.1, 0.15) is 6.61 Å². The van der Waals surface area contributed by atoms with Crippen molar-refractivity contribution >= 4 is 5.91 Å². The monoisotopic (exact) mass is 280 g/mol. The first-order chi connectivity index (χ1) is 9.58. The van der Waals surface area contributed by atoms with Gasteiger partial charge < -0.3 is 20.5 Å². The molecule has 3 atom stereocenters. The highest BCUT2D eigenvalue weighted by atomic mass is 16.5. The highest BCUT2D eigenvalue weighted by Crippen LogP contribution is 2.27. The molecule has 20 heavy (non-hydrogen) atoms. The van der Waals surface area contributed by atoms with Gasteiger partial charge in [0.05, 0.1) is 18.8 Å². The summed E-state index contributed by atoms with van der Waals surface area (Å²) in [7, 11) is 0. The van der Waals surface area contributed by atoms with Crippen LogP contribution in [-0.4, -0.2) is 54.4 Å². The third-order valence-corrected chi connectivity index (χ3v) is 3.81. The topological polar surface area (TPSA) is 75.8 Å². The maximum atomic E-state index is 12.1. The molecule has 2 aliphatic rings. The number of aliphatic hydroxyl groups is 1. The second-order valence-electron chi connectivity index (χ2n) is 5.84. The Morgan fingerprint density at radius 1 is 1.50 bits per heavy atom. The number of likely N-dealkylation sites (tertiary alicyclic amines) is 1. The molecule has 0 spiro atoms. The van der Waals surface area contributed by atoms with E-state index in [1.54, 1.807) is 4.90 Å². The zero-order valence-corrected chi connectivity index (χ0v) is 12.0. The summed E-state index contributed by atoms with van der Waals surface area (Å²) in [5.41, 5.74) is 5.97. The van der Waals surface area contributed by atoms with Gasteiger partial charge in [0.15, 0.2) is 0 Å². The SMILES string of the molecule is CC(COCC#CC1CC1)C(N)C(=O)N1CCC(O)C1. The first kappa shape index (κ1) is 15.3. The molecule has 1 aliphatic heterocycles. The van der Waals surface area contributed by atoms with Crippen LogP contribution < -0.4 is 5.73 Å². The van der Waals surface area contributed by atoms with Crippen LogP contribution in [0, 0.1) is 23.7 Å². The number of ether oxygens (including phenoxy) is 1. The van der Waals surface area contributed by atoms with Gasteiger partial charge in [-0.25, -0.2) is 0 Å². The summed E-state index contributed by atoms with van der Waals surface area (Å²) in [6.45, 7) is 3.73. The minimum atomic E-state index is -0.573. The van der Waals surface area contributed by atoms with Gasteiger partial charge in [0, 0.05) is 24.9 Å². The Morgan fingerprint density at radius 3 is 2.85 bits per heavy atom. The fourth-order valence-electron chi connectivity index (χ4n) is 2.21. The molecule has 0 aromatic carbocycles. The fourth-order valence-corrected chi connectivity index (χ4v) is 2.21. The number of carbonyl (C=O) groups is 1. The number of carbonyl (C=O) groups excluding carboxylic acids is 1. The third-order valence-electron chi connectivity index (χ3n) is 3.81. The molecule has 1 saturated carbocycles. The Morgan fingerprint density at radius 2 is 2.25 bits per heavy atom. The van der Waals surface area contributed by atoms with Crippen LogP contribution in [0.25, 0.3) is 0 Å². The van der Waals surface area contributed by atoms with Crippen molar-refractivity contribution < 1.29 is 14.6 Å². The van der Waals surface area contributed by atoms with Gasteiger partial charge >= 0.3 is 0 Å². The molecule has 1 saturated heterocycles. The van der Waals surface area contributed by atoms with Gasteiger partial charge in [-0.3, -0.25) is 4.79 Å². The summed E-state index contributed by atoms with van der Waals surface area (Å²) >= 11 is 0. The molecule has 5 heteroatoms. The van der Waals surface area contributed by atoms with Gasteiger partial charge in [-0.2, -0.15) is 0 Å². The summed E-state index contributed by atoms with van der Waals surface area (Å²) < 4.78 is 5.45. The Balaban J connectivity index is 1.66. The maximum Gasteiger partial charge on any atom is 0.239 e. The second-order valence-corrected chi connectivity index (χ2v) is 5.84. The maximum absolute atomic E-state index is 12.1. The van der Waals surface area contributed by atoms with E-state index >= 15 is 0 Å². The van der Waals surface area contributed by atoms with E-state index in [2.05, 4.69) is 11.8 Å². The molecule has 5 nitrogen and oxygen atoms in total. The number of aliphatic hydroxyl groups excluding tert-OH is 1. The summed E-state index contributed by atoms with van der Waals surface area (Å²) in [6, 6.07) is -0.573. The number of hydrogen-bond donors (Lipinski definition) is 2. The number of β-amino-alcohol motifs (C(OH)–C–C–N with tert-alkyl or cyclic N) is 1. The normalized spacial score (nSPS) is 24.9. The van der Waals surface area contributed by atoms with Gasteiger partial charge in [0.2, 0.25) is 5.91 Å². The van der Waals surface area contributed by atoms with Crippen molar-refractivity contribution in [3.63, 3.8) is 0 Å². The Kier molecular flexibility index (Phi) is 5.41. The van der Waals surface area contributed by atoms with E-state index in [-0.39, 0.29) is 11.8 Å². The lowest BCUT2D eigenvalue weighted by molar-refractivity contribution is -0.133. The highest BCUT2D eigenvalue weighted by Gasteiger charge is 2.30. The van der Waals surface area contributed by atoms with Gasteiger partial charge in [-0.15, -0.1) is 0 Å². The average molecular weight is 280 g/mol. The van der Waals surface area contributed by atoms with Crippen molar-refractivity contribution in [2.45, 2.75) is 38.3 Å². The molecule has 112 valence electrons. The van der Waals surface area contributed by atoms with Crippen molar-refractivity contribution in [3.05, 3.63) is 0 Å². The van der Waals surface area contributed by atoms with Crippen LogP contribution in [-0.2, 0) is 9.53 Å². The zero-order chi connectivity index (χ0) is 14.5. The Hall–Kier alpha value is -1.09. The number of nitrogens with two attached hydrogens (primary N) is 1. The van der Waals surface area contributed by atoms with Crippen molar-refractivity contribution in [2.24, 2.45) is 17.6 Å². The van der Waals surface area contributed by atoms with E-state index in [0.717, 1.165) is 0 Å². The van der Waals surface area contributed by atoms with Crippen molar-refractivity contribution in [3.8, 4) is 11.8 Å². The number of nitrogens with zero attached hydrogens (tertiary/aromatic N) is 1. The van der Waals surface area contributed by atoms with E-state index in [0.29, 0.717) is 38.6 Å². The number of amides is 1. The molecule has 0 bridgehead atoms. The summed E-state index contributed by atoms with van der Waals surface area (Å²) in [6.07, 6.45) is 2.66. The molecule has 0 aromatic heterocycles. The Bertz CT molecular complexity index is 398. The molecule has 0 radical (unpaired) electrons. The van der Waals surface area contributed by atoms with Gasteiger partial charge in [0.25, 0.3) is 0 Å². The lowest BCUT2D eigenvalue weighted by Gasteiger charge is -2.24. The standard InChI is InChI=1S/C15H24N2O3/c1-11(10-20-8-2-3-12-4-5-12)14(16)15(19)17-7-6-13(18)9-17/h11-14,18H,4-10,16H2,1H3. The minimum Gasteiger partial charge on any atom is -0.391 e. The summed E-state index contributed by atoms with van der Waals surface area (Å²) in [5, 5.41) is 9.44. The van der Waals surface area contributed by atoms with E-state index < -0.39 is 12.1 Å². The van der Waals surface area contributed by atoms with Crippen LogP contribution in [0.1, 0.15) is 26.2 Å².